The van der Waals surface area contributed by atoms with Crippen molar-refractivity contribution in [2.45, 2.75) is 0 Å². The maximum Gasteiger partial charge on any atom is 0.227 e. The van der Waals surface area contributed by atoms with Crippen LogP contribution >= 0.6 is 0 Å². The molecule has 0 unspecified atom stereocenters. The van der Waals surface area contributed by atoms with Gasteiger partial charge in [-0.15, -0.1) is 0 Å². The van der Waals surface area contributed by atoms with Crippen LogP contribution in [0.1, 0.15) is 0 Å². The van der Waals surface area contributed by atoms with Gasteiger partial charge in [-0.1, -0.05) is 127 Å². The van der Waals surface area contributed by atoms with Gasteiger partial charge in [0.25, 0.3) is 0 Å². The number of aromatic nitrogens is 1. The highest BCUT2D eigenvalue weighted by atomic mass is 16.3. The molecular formula is C47H30N2O. The number of anilines is 3. The molecule has 0 fully saturated rings. The number of rotatable bonds is 5. The number of hydrogen-bond donors (Lipinski definition) is 0. The summed E-state index contributed by atoms with van der Waals surface area (Å²) >= 11 is 0. The molecular weight excluding hydrogens is 609 g/mol. The second-order valence-electron chi connectivity index (χ2n) is 12.8. The normalized spacial score (nSPS) is 11.6. The van der Waals surface area contributed by atoms with Crippen LogP contribution in [0.3, 0.4) is 0 Å². The number of hydrogen-bond acceptors (Lipinski definition) is 3. The first-order valence-corrected chi connectivity index (χ1v) is 17.0. The fourth-order valence-corrected chi connectivity index (χ4v) is 7.34. The maximum atomic E-state index is 6.43. The molecule has 0 spiro atoms. The number of nitrogens with zero attached hydrogens (tertiary/aromatic N) is 2. The van der Waals surface area contributed by atoms with E-state index in [0.29, 0.717) is 5.89 Å². The van der Waals surface area contributed by atoms with E-state index in [0.717, 1.165) is 66.4 Å². The van der Waals surface area contributed by atoms with Crippen LogP contribution in [-0.2, 0) is 0 Å². The summed E-state index contributed by atoms with van der Waals surface area (Å²) in [6, 6.07) is 64.7. The molecule has 10 aromatic rings. The first-order chi connectivity index (χ1) is 24.8. The van der Waals surface area contributed by atoms with Crippen LogP contribution < -0.4 is 4.90 Å². The van der Waals surface area contributed by atoms with Crippen LogP contribution in [0, 0.1) is 0 Å². The Morgan fingerprint density at radius 1 is 0.360 bits per heavy atom. The lowest BCUT2D eigenvalue weighted by Crippen LogP contribution is -2.09. The van der Waals surface area contributed by atoms with E-state index in [9.17, 15) is 0 Å². The fraction of sp³-hybridized carbons (Fsp3) is 0. The third kappa shape index (κ3) is 4.71. The van der Waals surface area contributed by atoms with Crippen molar-refractivity contribution in [1.82, 2.24) is 4.98 Å². The molecule has 0 aliphatic rings. The van der Waals surface area contributed by atoms with Crippen molar-refractivity contribution in [2.75, 3.05) is 4.90 Å². The van der Waals surface area contributed by atoms with Crippen LogP contribution in [-0.4, -0.2) is 4.98 Å². The quantitative estimate of drug-likeness (QED) is 0.176. The summed E-state index contributed by atoms with van der Waals surface area (Å²) in [4.78, 5) is 7.37. The Balaban J connectivity index is 1.09. The van der Waals surface area contributed by atoms with Crippen LogP contribution in [0.4, 0.5) is 17.1 Å². The zero-order valence-corrected chi connectivity index (χ0v) is 27.1. The molecule has 3 nitrogen and oxygen atoms in total. The second-order valence-corrected chi connectivity index (χ2v) is 12.8. The van der Waals surface area contributed by atoms with E-state index in [-0.39, 0.29) is 0 Å². The van der Waals surface area contributed by atoms with E-state index in [1.165, 1.54) is 21.5 Å². The minimum Gasteiger partial charge on any atom is -0.435 e. The lowest BCUT2D eigenvalue weighted by Gasteiger charge is -2.26. The molecule has 9 aromatic carbocycles. The van der Waals surface area contributed by atoms with Crippen molar-refractivity contribution in [3.8, 4) is 22.6 Å². The van der Waals surface area contributed by atoms with Crippen molar-refractivity contribution >= 4 is 71.3 Å². The number of benzene rings is 9. The fourth-order valence-electron chi connectivity index (χ4n) is 7.34. The zero-order chi connectivity index (χ0) is 33.0. The van der Waals surface area contributed by atoms with Gasteiger partial charge in [0.1, 0.15) is 5.52 Å². The van der Waals surface area contributed by atoms with Gasteiger partial charge >= 0.3 is 0 Å². The lowest BCUT2D eigenvalue weighted by atomic mass is 9.96. The standard InChI is InChI=1S/C47H30N2O/c1-2-12-34(13-3-1)47-48-45-42-27-22-37(30-44(42)41-16-8-9-17-43(41)46(45)50-47)33-18-23-38(24-19-33)49(39-25-20-31-10-4-6-14-35(31)28-39)40-26-21-32-11-5-7-15-36(32)29-40/h1-30H. The maximum absolute atomic E-state index is 6.43. The molecule has 0 saturated carbocycles. The van der Waals surface area contributed by atoms with Gasteiger partial charge in [0, 0.05) is 33.4 Å². The summed E-state index contributed by atoms with van der Waals surface area (Å²) in [5.74, 6) is 0.639. The predicted octanol–water partition coefficient (Wildman–Crippen LogP) is 13.2. The van der Waals surface area contributed by atoms with Gasteiger partial charge in [-0.05, 0) is 98.0 Å². The first-order valence-electron chi connectivity index (χ1n) is 17.0. The van der Waals surface area contributed by atoms with Gasteiger partial charge in [-0.3, -0.25) is 0 Å². The topological polar surface area (TPSA) is 29.3 Å². The minimum atomic E-state index is 0.639. The number of fused-ring (bicyclic) bond motifs is 8. The van der Waals surface area contributed by atoms with E-state index in [1.807, 2.05) is 30.3 Å². The molecule has 0 radical (unpaired) electrons. The highest BCUT2D eigenvalue weighted by Crippen LogP contribution is 2.41. The van der Waals surface area contributed by atoms with Crippen molar-refractivity contribution in [3.05, 3.63) is 182 Å². The molecule has 0 N–H and O–H groups in total. The van der Waals surface area contributed by atoms with Crippen LogP contribution in [0.2, 0.25) is 0 Å². The predicted molar refractivity (Wildman–Crippen MR) is 210 cm³/mol. The van der Waals surface area contributed by atoms with Gasteiger partial charge < -0.3 is 9.32 Å². The summed E-state index contributed by atoms with van der Waals surface area (Å²) in [5.41, 5.74) is 8.34. The third-order valence-electron chi connectivity index (χ3n) is 9.83. The van der Waals surface area contributed by atoms with Crippen LogP contribution in [0.25, 0.3) is 76.8 Å². The van der Waals surface area contributed by atoms with E-state index < -0.39 is 0 Å². The molecule has 1 aromatic heterocycles. The minimum absolute atomic E-state index is 0.639. The summed E-state index contributed by atoms with van der Waals surface area (Å²) in [5, 5.41) is 9.36. The molecule has 0 aliphatic heterocycles. The Morgan fingerprint density at radius 3 is 1.60 bits per heavy atom. The Morgan fingerprint density at radius 2 is 0.920 bits per heavy atom. The smallest absolute Gasteiger partial charge is 0.227 e. The summed E-state index contributed by atoms with van der Waals surface area (Å²) in [6.45, 7) is 0. The summed E-state index contributed by atoms with van der Waals surface area (Å²) in [6.07, 6.45) is 0. The molecule has 0 saturated heterocycles. The van der Waals surface area contributed by atoms with Gasteiger partial charge in [0.15, 0.2) is 5.58 Å². The lowest BCUT2D eigenvalue weighted by molar-refractivity contribution is 0.623. The van der Waals surface area contributed by atoms with Gasteiger partial charge in [0.2, 0.25) is 5.89 Å². The molecule has 0 atom stereocenters. The van der Waals surface area contributed by atoms with Gasteiger partial charge in [0.05, 0.1) is 0 Å². The monoisotopic (exact) mass is 638 g/mol. The van der Waals surface area contributed by atoms with E-state index in [1.54, 1.807) is 0 Å². The molecule has 3 heteroatoms. The Bertz CT molecular complexity index is 2790. The average molecular weight is 639 g/mol. The zero-order valence-electron chi connectivity index (χ0n) is 27.1. The molecule has 50 heavy (non-hydrogen) atoms. The molecule has 0 aliphatic carbocycles. The Hall–Kier alpha value is -6.71. The van der Waals surface area contributed by atoms with E-state index in [4.69, 9.17) is 9.40 Å². The molecule has 1 heterocycles. The van der Waals surface area contributed by atoms with E-state index >= 15 is 0 Å². The SMILES string of the molecule is c1ccc(-c2nc3c4ccc(-c5ccc(N(c6ccc7ccccc7c6)c6ccc7ccccc7c6)cc5)cc4c4ccccc4c3o2)cc1. The van der Waals surface area contributed by atoms with Gasteiger partial charge in [-0.25, -0.2) is 4.98 Å². The van der Waals surface area contributed by atoms with Crippen molar-refractivity contribution < 1.29 is 4.42 Å². The van der Waals surface area contributed by atoms with Crippen molar-refractivity contribution in [2.24, 2.45) is 0 Å². The molecule has 234 valence electrons. The Labute approximate surface area is 289 Å². The van der Waals surface area contributed by atoms with Crippen molar-refractivity contribution in [3.63, 3.8) is 0 Å². The number of oxazole rings is 1. The van der Waals surface area contributed by atoms with Crippen molar-refractivity contribution in [1.29, 1.82) is 0 Å². The van der Waals surface area contributed by atoms with E-state index in [2.05, 4.69) is 157 Å². The molecule has 0 amide bonds. The molecule has 0 bridgehead atoms. The summed E-state index contributed by atoms with van der Waals surface area (Å²) < 4.78 is 6.43. The highest BCUT2D eigenvalue weighted by molar-refractivity contribution is 6.23. The highest BCUT2D eigenvalue weighted by Gasteiger charge is 2.18. The largest absolute Gasteiger partial charge is 0.435 e. The first kappa shape index (κ1) is 28.3. The van der Waals surface area contributed by atoms with Gasteiger partial charge in [-0.2, -0.15) is 0 Å². The summed E-state index contributed by atoms with van der Waals surface area (Å²) in [7, 11) is 0. The Kier molecular flexibility index (Phi) is 6.49. The third-order valence-corrected chi connectivity index (χ3v) is 9.83. The average Bonchev–Trinajstić information content (AvgIpc) is 3.65. The van der Waals surface area contributed by atoms with Crippen LogP contribution in [0.5, 0.6) is 0 Å². The second kappa shape index (κ2) is 11.5. The molecule has 10 rings (SSSR count). The van der Waals surface area contributed by atoms with Crippen LogP contribution in [0.15, 0.2) is 186 Å².